The van der Waals surface area contributed by atoms with Gasteiger partial charge in [0.1, 0.15) is 18.0 Å². The summed E-state index contributed by atoms with van der Waals surface area (Å²) in [6.45, 7) is 3.41. The van der Waals surface area contributed by atoms with Gasteiger partial charge in [0.05, 0.1) is 0 Å². The largest absolute Gasteiger partial charge is 1.00 e. The summed E-state index contributed by atoms with van der Waals surface area (Å²) in [7, 11) is 0. The Morgan fingerprint density at radius 1 is 0.500 bits per heavy atom. The molecule has 0 unspecified atom stereocenters. The lowest BCUT2D eigenvalue weighted by Crippen LogP contribution is -3.00. The molecular formula is C37H52INO. The Bertz CT molecular complexity index is 1010. The molecule has 0 amide bonds. The molecule has 1 heterocycles. The first-order chi connectivity index (χ1) is 19.3. The van der Waals surface area contributed by atoms with Gasteiger partial charge in [0.2, 0.25) is 0 Å². The molecule has 0 aliphatic rings. The number of hydrogen-bond donors (Lipinski definition) is 0. The first-order valence-corrected chi connectivity index (χ1v) is 15.8. The van der Waals surface area contributed by atoms with E-state index in [1.165, 1.54) is 114 Å². The molecule has 1 aromatic heterocycles. The van der Waals surface area contributed by atoms with Crippen LogP contribution < -0.4 is 33.3 Å². The van der Waals surface area contributed by atoms with E-state index in [0.717, 1.165) is 18.0 Å². The molecule has 218 valence electrons. The van der Waals surface area contributed by atoms with Crippen LogP contribution in [0.25, 0.3) is 12.2 Å². The van der Waals surface area contributed by atoms with Crippen molar-refractivity contribution in [3.05, 3.63) is 90.3 Å². The van der Waals surface area contributed by atoms with Crippen LogP contribution in [0.5, 0.6) is 11.5 Å². The van der Waals surface area contributed by atoms with Gasteiger partial charge >= 0.3 is 0 Å². The first-order valence-electron chi connectivity index (χ1n) is 15.8. The third kappa shape index (κ3) is 15.6. The molecule has 0 saturated carbocycles. The molecule has 2 aromatic carbocycles. The fourth-order valence-corrected chi connectivity index (χ4v) is 5.04. The number of aryl methyl sites for hydroxylation is 1. The van der Waals surface area contributed by atoms with E-state index in [4.69, 9.17) is 4.74 Å². The van der Waals surface area contributed by atoms with Gasteiger partial charge in [-0.15, -0.1) is 0 Å². The molecule has 0 aliphatic heterocycles. The highest BCUT2D eigenvalue weighted by atomic mass is 127. The van der Waals surface area contributed by atoms with Gasteiger partial charge in [0.15, 0.2) is 12.4 Å². The fourth-order valence-electron chi connectivity index (χ4n) is 5.04. The van der Waals surface area contributed by atoms with E-state index >= 15 is 0 Å². The maximum absolute atomic E-state index is 5.88. The van der Waals surface area contributed by atoms with Gasteiger partial charge in [-0.1, -0.05) is 139 Å². The SMILES string of the molecule is CCCCCCCCCCCCCCCCCC[n+]1ccc(/C=C/c2ccc(Oc3ccccc3)cc2)cc1.[I-]. The molecule has 0 saturated heterocycles. The quantitative estimate of drug-likeness (QED) is 0.0642. The van der Waals surface area contributed by atoms with Crippen LogP contribution in [0.2, 0.25) is 0 Å². The normalized spacial score (nSPS) is 11.0. The standard InChI is InChI=1S/C37H52NO.HI/c1-2-3-4-5-6-7-8-9-10-11-12-13-14-15-16-20-31-38-32-29-35(30-33-38)24-23-34-25-27-37(28-26-34)39-36-21-18-17-19-22-36;/h17-19,21-30,32-33H,2-16,20,31H2,1H3;1H/q+1;/p-1/b24-23+;. The number of para-hydroxylation sites is 1. The summed E-state index contributed by atoms with van der Waals surface area (Å²) in [6, 6.07) is 22.5. The van der Waals surface area contributed by atoms with Crippen LogP contribution in [0, 0.1) is 0 Å². The number of benzene rings is 2. The maximum atomic E-state index is 5.88. The summed E-state index contributed by atoms with van der Waals surface area (Å²) in [5.41, 5.74) is 2.39. The molecule has 40 heavy (non-hydrogen) atoms. The fraction of sp³-hybridized carbons (Fsp3) is 0.486. The molecule has 3 aromatic rings. The molecule has 2 nitrogen and oxygen atoms in total. The highest BCUT2D eigenvalue weighted by Gasteiger charge is 2.01. The van der Waals surface area contributed by atoms with E-state index in [-0.39, 0.29) is 24.0 Å². The molecule has 0 spiro atoms. The zero-order valence-electron chi connectivity index (χ0n) is 24.9. The lowest BCUT2D eigenvalue weighted by Gasteiger charge is -2.05. The second-order valence-corrected chi connectivity index (χ2v) is 11.0. The number of ether oxygens (including phenoxy) is 1. The minimum atomic E-state index is 0. The van der Waals surface area contributed by atoms with Crippen LogP contribution in [-0.4, -0.2) is 0 Å². The maximum Gasteiger partial charge on any atom is 0.169 e. The Morgan fingerprint density at radius 3 is 1.43 bits per heavy atom. The summed E-state index contributed by atoms with van der Waals surface area (Å²) in [5.74, 6) is 1.71. The average Bonchev–Trinajstić information content (AvgIpc) is 2.98. The van der Waals surface area contributed by atoms with E-state index in [1.807, 2.05) is 42.5 Å². The van der Waals surface area contributed by atoms with Gasteiger partial charge < -0.3 is 28.7 Å². The first kappa shape index (κ1) is 34.1. The van der Waals surface area contributed by atoms with Gasteiger partial charge in [-0.25, -0.2) is 4.57 Å². The van der Waals surface area contributed by atoms with E-state index in [1.54, 1.807) is 0 Å². The van der Waals surface area contributed by atoms with Crippen molar-refractivity contribution in [3.63, 3.8) is 0 Å². The van der Waals surface area contributed by atoms with Crippen LogP contribution in [-0.2, 0) is 6.54 Å². The van der Waals surface area contributed by atoms with Crippen molar-refractivity contribution in [2.75, 3.05) is 0 Å². The number of hydrogen-bond acceptors (Lipinski definition) is 1. The summed E-state index contributed by atoms with van der Waals surface area (Å²) < 4.78 is 8.19. The Kier molecular flexibility index (Phi) is 19.2. The summed E-state index contributed by atoms with van der Waals surface area (Å²) >= 11 is 0. The van der Waals surface area contributed by atoms with Crippen LogP contribution >= 0.6 is 0 Å². The topological polar surface area (TPSA) is 13.1 Å². The minimum absolute atomic E-state index is 0. The zero-order chi connectivity index (χ0) is 27.2. The van der Waals surface area contributed by atoms with E-state index < -0.39 is 0 Å². The summed E-state index contributed by atoms with van der Waals surface area (Å²) in [6.07, 6.45) is 31.4. The van der Waals surface area contributed by atoms with Gasteiger partial charge in [-0.2, -0.15) is 0 Å². The summed E-state index contributed by atoms with van der Waals surface area (Å²) in [4.78, 5) is 0. The van der Waals surface area contributed by atoms with Gasteiger partial charge in [0.25, 0.3) is 0 Å². The van der Waals surface area contributed by atoms with Crippen molar-refractivity contribution in [1.29, 1.82) is 0 Å². The number of halogens is 1. The second kappa shape index (κ2) is 22.5. The smallest absolute Gasteiger partial charge is 0.169 e. The number of pyridine rings is 1. The number of aromatic nitrogens is 1. The predicted octanol–water partition coefficient (Wildman–Crippen LogP) is 8.20. The monoisotopic (exact) mass is 653 g/mol. The average molecular weight is 654 g/mol. The number of unbranched alkanes of at least 4 members (excludes halogenated alkanes) is 15. The predicted molar refractivity (Wildman–Crippen MR) is 168 cm³/mol. The molecule has 3 heteroatoms. The molecule has 0 N–H and O–H groups in total. The molecule has 0 bridgehead atoms. The van der Waals surface area contributed by atoms with Crippen LogP contribution in [0.3, 0.4) is 0 Å². The van der Waals surface area contributed by atoms with Crippen molar-refractivity contribution in [2.45, 2.75) is 116 Å². The van der Waals surface area contributed by atoms with Crippen molar-refractivity contribution >= 4 is 12.2 Å². The number of nitrogens with zero attached hydrogens (tertiary/aromatic N) is 1. The lowest BCUT2D eigenvalue weighted by molar-refractivity contribution is -0.697. The molecule has 0 atom stereocenters. The Morgan fingerprint density at radius 2 is 0.925 bits per heavy atom. The van der Waals surface area contributed by atoms with Crippen LogP contribution in [0.1, 0.15) is 121 Å². The zero-order valence-corrected chi connectivity index (χ0v) is 27.1. The third-order valence-corrected chi connectivity index (χ3v) is 7.51. The lowest BCUT2D eigenvalue weighted by atomic mass is 10.0. The molecule has 0 aliphatic carbocycles. The Hall–Kier alpha value is -2.14. The van der Waals surface area contributed by atoms with Crippen molar-refractivity contribution in [2.24, 2.45) is 0 Å². The van der Waals surface area contributed by atoms with Crippen LogP contribution in [0.4, 0.5) is 0 Å². The molecule has 3 rings (SSSR count). The van der Waals surface area contributed by atoms with Crippen molar-refractivity contribution in [1.82, 2.24) is 0 Å². The molecule has 0 fully saturated rings. The third-order valence-electron chi connectivity index (χ3n) is 7.51. The highest BCUT2D eigenvalue weighted by molar-refractivity contribution is 5.69. The summed E-state index contributed by atoms with van der Waals surface area (Å²) in [5, 5.41) is 0. The van der Waals surface area contributed by atoms with E-state index in [9.17, 15) is 0 Å². The van der Waals surface area contributed by atoms with Crippen LogP contribution in [0.15, 0.2) is 79.1 Å². The Labute approximate surface area is 262 Å². The number of rotatable bonds is 21. The van der Waals surface area contributed by atoms with Gasteiger partial charge in [0, 0.05) is 18.6 Å². The highest BCUT2D eigenvalue weighted by Crippen LogP contribution is 2.22. The van der Waals surface area contributed by atoms with Crippen molar-refractivity contribution < 1.29 is 33.3 Å². The van der Waals surface area contributed by atoms with Gasteiger partial charge in [-0.05, 0) is 41.8 Å². The second-order valence-electron chi connectivity index (χ2n) is 11.0. The van der Waals surface area contributed by atoms with E-state index in [0.29, 0.717) is 0 Å². The Balaban J connectivity index is 0.00000560. The van der Waals surface area contributed by atoms with Gasteiger partial charge in [-0.3, -0.25) is 0 Å². The molecule has 0 radical (unpaired) electrons. The molecular weight excluding hydrogens is 601 g/mol. The minimum Gasteiger partial charge on any atom is -1.00 e. The van der Waals surface area contributed by atoms with E-state index in [2.05, 4.69) is 60.3 Å². The van der Waals surface area contributed by atoms with Crippen molar-refractivity contribution in [3.8, 4) is 11.5 Å².